The molecule has 1 aliphatic rings. The highest BCUT2D eigenvalue weighted by Gasteiger charge is 2.34. The minimum Gasteiger partial charge on any atom is -0.381 e. The van der Waals surface area contributed by atoms with Crippen LogP contribution in [0.25, 0.3) is 0 Å². The Morgan fingerprint density at radius 2 is 2.21 bits per heavy atom. The molecule has 106 valence electrons. The molecule has 2 heterocycles. The van der Waals surface area contributed by atoms with E-state index >= 15 is 0 Å². The molecular formula is C11H13ClF3N3O. The van der Waals surface area contributed by atoms with E-state index in [1.54, 1.807) is 0 Å². The van der Waals surface area contributed by atoms with Crippen LogP contribution in [0.3, 0.4) is 0 Å². The lowest BCUT2D eigenvalue weighted by Gasteiger charge is -2.20. The van der Waals surface area contributed by atoms with Crippen LogP contribution in [0, 0.1) is 5.92 Å². The van der Waals surface area contributed by atoms with E-state index in [2.05, 4.69) is 15.3 Å². The molecule has 2 rings (SSSR count). The fourth-order valence-electron chi connectivity index (χ4n) is 1.94. The second-order valence-electron chi connectivity index (χ2n) is 4.46. The van der Waals surface area contributed by atoms with Crippen LogP contribution in [0.2, 0.25) is 5.28 Å². The van der Waals surface area contributed by atoms with Crippen LogP contribution in [-0.2, 0) is 10.9 Å². The van der Waals surface area contributed by atoms with E-state index < -0.39 is 17.2 Å². The van der Waals surface area contributed by atoms with Crippen molar-refractivity contribution in [1.29, 1.82) is 0 Å². The van der Waals surface area contributed by atoms with Gasteiger partial charge in [0.1, 0.15) is 5.82 Å². The van der Waals surface area contributed by atoms with Crippen LogP contribution >= 0.6 is 11.6 Å². The zero-order valence-corrected chi connectivity index (χ0v) is 10.9. The summed E-state index contributed by atoms with van der Waals surface area (Å²) in [4.78, 5) is 6.94. The minimum absolute atomic E-state index is 0.0467. The highest BCUT2D eigenvalue weighted by atomic mass is 35.5. The van der Waals surface area contributed by atoms with E-state index in [-0.39, 0.29) is 17.8 Å². The molecule has 0 spiro atoms. The van der Waals surface area contributed by atoms with Crippen molar-refractivity contribution in [3.8, 4) is 0 Å². The SMILES string of the molecule is CC(Nc1cc(C(F)(F)F)nc(Cl)n1)C1CCOC1. The third-order valence-electron chi connectivity index (χ3n) is 3.04. The van der Waals surface area contributed by atoms with Crippen molar-refractivity contribution >= 4 is 17.4 Å². The first kappa shape index (κ1) is 14.3. The number of alkyl halides is 3. The summed E-state index contributed by atoms with van der Waals surface area (Å²) in [6.07, 6.45) is -3.66. The number of hydrogen-bond donors (Lipinski definition) is 1. The lowest BCUT2D eigenvalue weighted by Crippen LogP contribution is -2.27. The van der Waals surface area contributed by atoms with Crippen LogP contribution in [-0.4, -0.2) is 29.2 Å². The van der Waals surface area contributed by atoms with Gasteiger partial charge in [0, 0.05) is 24.6 Å². The van der Waals surface area contributed by atoms with Gasteiger partial charge in [-0.15, -0.1) is 0 Å². The van der Waals surface area contributed by atoms with Gasteiger partial charge in [-0.05, 0) is 24.9 Å². The molecule has 0 radical (unpaired) electrons. The zero-order chi connectivity index (χ0) is 14.0. The Kier molecular flexibility index (Phi) is 4.15. The molecule has 1 aliphatic heterocycles. The van der Waals surface area contributed by atoms with Gasteiger partial charge in [-0.2, -0.15) is 13.2 Å². The van der Waals surface area contributed by atoms with Gasteiger partial charge >= 0.3 is 6.18 Å². The van der Waals surface area contributed by atoms with Crippen LogP contribution < -0.4 is 5.32 Å². The van der Waals surface area contributed by atoms with E-state index in [0.717, 1.165) is 12.5 Å². The number of anilines is 1. The molecule has 1 fully saturated rings. The Morgan fingerprint density at radius 1 is 1.47 bits per heavy atom. The fourth-order valence-corrected chi connectivity index (χ4v) is 2.12. The Morgan fingerprint density at radius 3 is 2.79 bits per heavy atom. The first-order valence-corrected chi connectivity index (χ1v) is 6.20. The van der Waals surface area contributed by atoms with Crippen LogP contribution in [0.1, 0.15) is 19.0 Å². The lowest BCUT2D eigenvalue weighted by atomic mass is 10.0. The van der Waals surface area contributed by atoms with Crippen molar-refractivity contribution in [3.05, 3.63) is 17.0 Å². The summed E-state index contributed by atoms with van der Waals surface area (Å²) in [6.45, 7) is 3.15. The number of halogens is 4. The van der Waals surface area contributed by atoms with Crippen LogP contribution in [0.5, 0.6) is 0 Å². The molecule has 1 N–H and O–H groups in total. The second-order valence-corrected chi connectivity index (χ2v) is 4.80. The third-order valence-corrected chi connectivity index (χ3v) is 3.21. The molecule has 19 heavy (non-hydrogen) atoms. The number of aromatic nitrogens is 2. The molecule has 0 aliphatic carbocycles. The van der Waals surface area contributed by atoms with Crippen molar-refractivity contribution in [3.63, 3.8) is 0 Å². The summed E-state index contributed by atoms with van der Waals surface area (Å²) in [5.74, 6) is 0.329. The number of ether oxygens (including phenoxy) is 1. The van der Waals surface area contributed by atoms with E-state index in [9.17, 15) is 13.2 Å². The van der Waals surface area contributed by atoms with Gasteiger partial charge in [0.2, 0.25) is 5.28 Å². The molecule has 1 aromatic rings. The summed E-state index contributed by atoms with van der Waals surface area (Å²) in [7, 11) is 0. The topological polar surface area (TPSA) is 47.0 Å². The summed E-state index contributed by atoms with van der Waals surface area (Å²) in [5.41, 5.74) is -1.05. The van der Waals surface area contributed by atoms with Crippen molar-refractivity contribution in [2.24, 2.45) is 5.92 Å². The van der Waals surface area contributed by atoms with Crippen molar-refractivity contribution in [1.82, 2.24) is 9.97 Å². The van der Waals surface area contributed by atoms with Crippen molar-refractivity contribution in [2.75, 3.05) is 18.5 Å². The Hall–Kier alpha value is -1.08. The maximum absolute atomic E-state index is 12.6. The molecule has 1 saturated heterocycles. The molecule has 4 nitrogen and oxygen atoms in total. The van der Waals surface area contributed by atoms with Gasteiger partial charge in [0.05, 0.1) is 6.61 Å². The highest BCUT2D eigenvalue weighted by molar-refractivity contribution is 6.28. The third kappa shape index (κ3) is 3.70. The van der Waals surface area contributed by atoms with E-state index in [1.807, 2.05) is 6.92 Å². The molecule has 2 unspecified atom stereocenters. The summed E-state index contributed by atoms with van der Waals surface area (Å²) < 4.78 is 43.0. The smallest absolute Gasteiger partial charge is 0.381 e. The molecule has 2 atom stereocenters. The van der Waals surface area contributed by atoms with Crippen molar-refractivity contribution in [2.45, 2.75) is 25.6 Å². The van der Waals surface area contributed by atoms with Crippen LogP contribution in [0.15, 0.2) is 6.07 Å². The fraction of sp³-hybridized carbons (Fsp3) is 0.636. The summed E-state index contributed by atoms with van der Waals surface area (Å²) >= 11 is 5.51. The predicted octanol–water partition coefficient (Wildman–Crippen LogP) is 2.99. The van der Waals surface area contributed by atoms with Crippen molar-refractivity contribution < 1.29 is 17.9 Å². The monoisotopic (exact) mass is 295 g/mol. The predicted molar refractivity (Wildman–Crippen MR) is 64.1 cm³/mol. The standard InChI is InChI=1S/C11H13ClF3N3O/c1-6(7-2-3-19-5-7)16-9-4-8(11(13,14)15)17-10(12)18-9/h4,6-7H,2-3,5H2,1H3,(H,16,17,18). The number of hydrogen-bond acceptors (Lipinski definition) is 4. The van der Waals surface area contributed by atoms with Gasteiger partial charge in [0.25, 0.3) is 0 Å². The maximum atomic E-state index is 12.6. The van der Waals surface area contributed by atoms with Gasteiger partial charge in [-0.3, -0.25) is 0 Å². The largest absolute Gasteiger partial charge is 0.433 e. The normalized spacial score (nSPS) is 21.4. The number of rotatable bonds is 3. The maximum Gasteiger partial charge on any atom is 0.433 e. The minimum atomic E-state index is -4.54. The first-order valence-electron chi connectivity index (χ1n) is 5.82. The zero-order valence-electron chi connectivity index (χ0n) is 10.2. The Balaban J connectivity index is 2.13. The molecule has 1 aromatic heterocycles. The molecule has 0 saturated carbocycles. The molecule has 0 bridgehead atoms. The van der Waals surface area contributed by atoms with Gasteiger partial charge in [-0.25, -0.2) is 9.97 Å². The second kappa shape index (κ2) is 5.50. The molecule has 0 amide bonds. The molecule has 8 heteroatoms. The lowest BCUT2D eigenvalue weighted by molar-refractivity contribution is -0.141. The highest BCUT2D eigenvalue weighted by Crippen LogP contribution is 2.30. The van der Waals surface area contributed by atoms with Gasteiger partial charge in [0.15, 0.2) is 5.69 Å². The molecule has 0 aromatic carbocycles. The quantitative estimate of drug-likeness (QED) is 0.871. The van der Waals surface area contributed by atoms with Gasteiger partial charge < -0.3 is 10.1 Å². The average molecular weight is 296 g/mol. The van der Waals surface area contributed by atoms with Gasteiger partial charge in [-0.1, -0.05) is 0 Å². The first-order chi connectivity index (χ1) is 8.86. The van der Waals surface area contributed by atoms with E-state index in [4.69, 9.17) is 16.3 Å². The van der Waals surface area contributed by atoms with E-state index in [1.165, 1.54) is 0 Å². The average Bonchev–Trinajstić information content (AvgIpc) is 2.80. The summed E-state index contributed by atoms with van der Waals surface area (Å²) in [5, 5.41) is 2.50. The summed E-state index contributed by atoms with van der Waals surface area (Å²) in [6, 6.07) is 0.813. The Bertz CT molecular complexity index is 449. The number of nitrogens with one attached hydrogen (secondary N) is 1. The van der Waals surface area contributed by atoms with Crippen LogP contribution in [0.4, 0.5) is 19.0 Å². The molecular weight excluding hydrogens is 283 g/mol. The number of nitrogens with zero attached hydrogens (tertiary/aromatic N) is 2. The Labute approximate surface area is 113 Å². The van der Waals surface area contributed by atoms with E-state index in [0.29, 0.717) is 13.2 Å².